The van der Waals surface area contributed by atoms with E-state index in [9.17, 15) is 19.1 Å². The third-order valence-corrected chi connectivity index (χ3v) is 9.10. The molecule has 3 heterocycles. The van der Waals surface area contributed by atoms with E-state index in [1.807, 2.05) is 13.8 Å². The van der Waals surface area contributed by atoms with Crippen LogP contribution in [0.25, 0.3) is 5.76 Å². The Morgan fingerprint density at radius 3 is 2.74 bits per heavy atom. The van der Waals surface area contributed by atoms with Crippen molar-refractivity contribution in [2.75, 3.05) is 11.5 Å². The van der Waals surface area contributed by atoms with E-state index in [1.165, 1.54) is 28.8 Å². The summed E-state index contributed by atoms with van der Waals surface area (Å²) in [6.45, 7) is 4.26. The number of rotatable bonds is 8. The predicted octanol–water partition coefficient (Wildman–Crippen LogP) is 6.32. The summed E-state index contributed by atoms with van der Waals surface area (Å²) in [6, 6.07) is 17.6. The predicted molar refractivity (Wildman–Crippen MR) is 158 cm³/mol. The first-order valence-electron chi connectivity index (χ1n) is 13.4. The molecular formula is C31H26FN3O5S2. The van der Waals surface area contributed by atoms with Crippen LogP contribution in [0.2, 0.25) is 0 Å². The van der Waals surface area contributed by atoms with Gasteiger partial charge in [0.2, 0.25) is 5.13 Å². The average molecular weight is 604 g/mol. The lowest BCUT2D eigenvalue weighted by molar-refractivity contribution is -0.132. The number of ketones is 1. The largest absolute Gasteiger partial charge is 0.507 e. The molecule has 2 aliphatic heterocycles. The second-order valence-electron chi connectivity index (χ2n) is 9.90. The maximum Gasteiger partial charge on any atom is 0.301 e. The molecule has 6 rings (SSSR count). The van der Waals surface area contributed by atoms with Crippen LogP contribution < -0.4 is 14.4 Å². The normalized spacial score (nSPS) is 19.2. The molecule has 0 unspecified atom stereocenters. The van der Waals surface area contributed by atoms with E-state index in [0.717, 1.165) is 28.2 Å². The molecule has 1 N–H and O–H groups in total. The highest BCUT2D eigenvalue weighted by atomic mass is 32.2. The smallest absolute Gasteiger partial charge is 0.301 e. The molecule has 0 spiro atoms. The summed E-state index contributed by atoms with van der Waals surface area (Å²) in [5, 5.41) is 20.3. The number of amides is 1. The van der Waals surface area contributed by atoms with Gasteiger partial charge in [0.15, 0.2) is 4.34 Å². The Hall–Kier alpha value is -4.22. The maximum atomic E-state index is 13.6. The minimum Gasteiger partial charge on any atom is -0.507 e. The fourth-order valence-corrected chi connectivity index (χ4v) is 6.92. The number of Topliss-reactive ketones (excluding diaryl/α,β-unsaturated/α-hetero) is 1. The molecule has 42 heavy (non-hydrogen) atoms. The Bertz CT molecular complexity index is 1700. The molecule has 1 fully saturated rings. The van der Waals surface area contributed by atoms with E-state index in [2.05, 4.69) is 10.2 Å². The quantitative estimate of drug-likeness (QED) is 0.0821. The zero-order valence-electron chi connectivity index (χ0n) is 22.7. The lowest BCUT2D eigenvalue weighted by atomic mass is 9.94. The number of aliphatic hydroxyl groups is 1. The van der Waals surface area contributed by atoms with E-state index >= 15 is 0 Å². The number of anilines is 1. The van der Waals surface area contributed by atoms with Gasteiger partial charge in [-0.2, -0.15) is 0 Å². The summed E-state index contributed by atoms with van der Waals surface area (Å²) in [7, 11) is 0. The topological polar surface area (TPSA) is 102 Å². The standard InChI is InChI=1S/C31H26FN3O5S2/c1-3-39-23-6-4-5-19(15-23)26-25(27(36)20-9-12-24-21(14-20)13-17(2)40-24)28(37)29(38)35(26)30-33-34-31(42-30)41-16-18-7-10-22(32)11-8-18/h4-12,14-15,17,26,36H,3,13,16H2,1-2H3/b27-25+/t17-,26+/m1/s1. The molecule has 2 atom stereocenters. The second-order valence-corrected chi connectivity index (χ2v) is 12.1. The molecule has 3 aromatic carbocycles. The van der Waals surface area contributed by atoms with Gasteiger partial charge >= 0.3 is 5.91 Å². The number of fused-ring (bicyclic) bond motifs is 1. The SMILES string of the molecule is CCOc1cccc([C@H]2/C(=C(\O)c3ccc4c(c3)C[C@@H](C)O4)C(=O)C(=O)N2c2nnc(SCc3ccc(F)cc3)s2)c1. The van der Waals surface area contributed by atoms with Gasteiger partial charge < -0.3 is 14.6 Å². The van der Waals surface area contributed by atoms with Crippen molar-refractivity contribution < 1.29 is 28.6 Å². The van der Waals surface area contributed by atoms with Gasteiger partial charge in [0.05, 0.1) is 18.2 Å². The van der Waals surface area contributed by atoms with Crippen molar-refractivity contribution in [2.45, 2.75) is 42.5 Å². The van der Waals surface area contributed by atoms with E-state index in [4.69, 9.17) is 9.47 Å². The summed E-state index contributed by atoms with van der Waals surface area (Å²) in [5.74, 6) is -0.396. The number of aliphatic hydroxyl groups excluding tert-OH is 1. The number of ether oxygens (including phenoxy) is 2. The van der Waals surface area contributed by atoms with Gasteiger partial charge in [-0.15, -0.1) is 10.2 Å². The molecule has 0 radical (unpaired) electrons. The number of halogens is 1. The van der Waals surface area contributed by atoms with E-state index in [0.29, 0.717) is 40.0 Å². The zero-order chi connectivity index (χ0) is 29.4. The zero-order valence-corrected chi connectivity index (χ0v) is 24.4. The number of hydrogen-bond acceptors (Lipinski definition) is 9. The minimum absolute atomic E-state index is 0.0109. The highest BCUT2D eigenvalue weighted by Gasteiger charge is 2.48. The third-order valence-electron chi connectivity index (χ3n) is 6.98. The lowest BCUT2D eigenvalue weighted by Gasteiger charge is -2.23. The lowest BCUT2D eigenvalue weighted by Crippen LogP contribution is -2.29. The molecular weight excluding hydrogens is 577 g/mol. The van der Waals surface area contributed by atoms with Crippen LogP contribution in [-0.2, 0) is 21.8 Å². The second kappa shape index (κ2) is 11.6. The van der Waals surface area contributed by atoms with Gasteiger partial charge in [-0.25, -0.2) is 4.39 Å². The number of benzene rings is 3. The Labute approximate surface area is 249 Å². The Balaban J connectivity index is 1.39. The van der Waals surface area contributed by atoms with Crippen LogP contribution in [0.4, 0.5) is 9.52 Å². The van der Waals surface area contributed by atoms with Gasteiger partial charge in [0, 0.05) is 17.7 Å². The number of hydrogen-bond donors (Lipinski definition) is 1. The maximum absolute atomic E-state index is 13.6. The molecule has 8 nitrogen and oxygen atoms in total. The molecule has 1 amide bonds. The van der Waals surface area contributed by atoms with Crippen LogP contribution in [0.3, 0.4) is 0 Å². The van der Waals surface area contributed by atoms with Crippen LogP contribution in [0.1, 0.15) is 42.1 Å². The van der Waals surface area contributed by atoms with Crippen molar-refractivity contribution in [3.63, 3.8) is 0 Å². The number of aromatic nitrogens is 2. The fourth-order valence-electron chi connectivity index (χ4n) is 5.10. The van der Waals surface area contributed by atoms with E-state index in [1.54, 1.807) is 54.6 Å². The molecule has 1 saturated heterocycles. The number of nitrogens with zero attached hydrogens (tertiary/aromatic N) is 3. The molecule has 214 valence electrons. The highest BCUT2D eigenvalue weighted by molar-refractivity contribution is 8.00. The summed E-state index contributed by atoms with van der Waals surface area (Å²) >= 11 is 2.55. The van der Waals surface area contributed by atoms with Crippen molar-refractivity contribution in [3.8, 4) is 11.5 Å². The first kappa shape index (κ1) is 27.9. The summed E-state index contributed by atoms with van der Waals surface area (Å²) < 4.78 is 25.3. The van der Waals surface area contributed by atoms with Crippen LogP contribution in [0.5, 0.6) is 11.5 Å². The summed E-state index contributed by atoms with van der Waals surface area (Å²) in [5.41, 5.74) is 2.78. The van der Waals surface area contributed by atoms with Gasteiger partial charge in [0.25, 0.3) is 5.78 Å². The number of carbonyl (C=O) groups is 2. The molecule has 0 saturated carbocycles. The molecule has 4 aromatic rings. The number of thioether (sulfide) groups is 1. The highest BCUT2D eigenvalue weighted by Crippen LogP contribution is 2.45. The van der Waals surface area contributed by atoms with E-state index in [-0.39, 0.29) is 28.4 Å². The third kappa shape index (κ3) is 5.37. The van der Waals surface area contributed by atoms with Gasteiger partial charge in [-0.05, 0) is 73.0 Å². The van der Waals surface area contributed by atoms with Gasteiger partial charge in [-0.1, -0.05) is 47.4 Å². The molecule has 1 aromatic heterocycles. The molecule has 2 aliphatic rings. The monoisotopic (exact) mass is 603 g/mol. The van der Waals surface area contributed by atoms with Crippen molar-refractivity contribution in [1.29, 1.82) is 0 Å². The van der Waals surface area contributed by atoms with Crippen LogP contribution in [0, 0.1) is 5.82 Å². The van der Waals surface area contributed by atoms with E-state index < -0.39 is 17.7 Å². The minimum atomic E-state index is -0.961. The Morgan fingerprint density at radius 1 is 1.14 bits per heavy atom. The van der Waals surface area contributed by atoms with Crippen molar-refractivity contribution >= 4 is 45.7 Å². The first-order chi connectivity index (χ1) is 20.3. The van der Waals surface area contributed by atoms with Crippen LogP contribution in [-0.4, -0.2) is 39.7 Å². The Morgan fingerprint density at radius 2 is 1.95 bits per heavy atom. The van der Waals surface area contributed by atoms with Crippen molar-refractivity contribution in [1.82, 2.24) is 10.2 Å². The van der Waals surface area contributed by atoms with Gasteiger partial charge in [-0.3, -0.25) is 14.5 Å². The average Bonchev–Trinajstić information content (AvgIpc) is 3.67. The van der Waals surface area contributed by atoms with Crippen molar-refractivity contribution in [2.24, 2.45) is 0 Å². The van der Waals surface area contributed by atoms with Gasteiger partial charge in [0.1, 0.15) is 29.2 Å². The Kier molecular flexibility index (Phi) is 7.70. The fraction of sp³-hybridized carbons (Fsp3) is 0.226. The summed E-state index contributed by atoms with van der Waals surface area (Å²) in [4.78, 5) is 28.4. The molecule has 0 aliphatic carbocycles. The number of carbonyl (C=O) groups excluding carboxylic acids is 2. The van der Waals surface area contributed by atoms with Crippen molar-refractivity contribution in [3.05, 3.63) is 100 Å². The van der Waals surface area contributed by atoms with Crippen LogP contribution >= 0.6 is 23.1 Å². The summed E-state index contributed by atoms with van der Waals surface area (Å²) in [6.07, 6.45) is 0.685. The van der Waals surface area contributed by atoms with Crippen LogP contribution in [0.15, 0.2) is 76.6 Å². The molecule has 0 bridgehead atoms. The first-order valence-corrected chi connectivity index (χ1v) is 15.2. The molecule has 11 heteroatoms.